The summed E-state index contributed by atoms with van der Waals surface area (Å²) in [4.78, 5) is 52.7. The molecule has 1 saturated carbocycles. The van der Waals surface area contributed by atoms with Crippen LogP contribution < -0.4 is 10.2 Å². The van der Waals surface area contributed by atoms with Gasteiger partial charge >= 0.3 is 5.97 Å². The fraction of sp³-hybridized carbons (Fsp3) is 0.241. The number of halogens is 2. The molecular formula is C29H24Cl2N2O5. The molecule has 3 atom stereocenters. The summed E-state index contributed by atoms with van der Waals surface area (Å²) in [5, 5.41) is 3.22. The first-order valence-corrected chi connectivity index (χ1v) is 13.0. The van der Waals surface area contributed by atoms with Crippen LogP contribution in [0.3, 0.4) is 0 Å². The van der Waals surface area contributed by atoms with Crippen molar-refractivity contribution in [1.29, 1.82) is 0 Å². The van der Waals surface area contributed by atoms with E-state index in [4.69, 9.17) is 27.9 Å². The average Bonchev–Trinajstić information content (AvgIpc) is 3.18. The molecule has 5 rings (SSSR count). The third-order valence-electron chi connectivity index (χ3n) is 7.08. The minimum absolute atomic E-state index is 0.123. The van der Waals surface area contributed by atoms with Gasteiger partial charge in [0.25, 0.3) is 5.91 Å². The maximum absolute atomic E-state index is 13.4. The molecule has 7 nitrogen and oxygen atoms in total. The summed E-state index contributed by atoms with van der Waals surface area (Å²) >= 11 is 11.9. The van der Waals surface area contributed by atoms with Crippen molar-refractivity contribution in [2.75, 3.05) is 16.8 Å². The Hall–Kier alpha value is -3.68. The number of benzene rings is 3. The molecule has 194 valence electrons. The summed E-state index contributed by atoms with van der Waals surface area (Å²) in [6.45, 7) is -0.547. The number of carbonyl (C=O) groups excluding carboxylic acids is 4. The number of imide groups is 1. The molecule has 0 unspecified atom stereocenters. The Labute approximate surface area is 229 Å². The zero-order valence-electron chi connectivity index (χ0n) is 20.2. The summed E-state index contributed by atoms with van der Waals surface area (Å²) < 4.78 is 5.15. The van der Waals surface area contributed by atoms with Crippen molar-refractivity contribution in [3.05, 3.63) is 94.0 Å². The fourth-order valence-electron chi connectivity index (χ4n) is 5.23. The highest BCUT2D eigenvalue weighted by atomic mass is 35.5. The van der Waals surface area contributed by atoms with Crippen molar-refractivity contribution < 1.29 is 23.9 Å². The molecule has 9 heteroatoms. The Morgan fingerprint density at radius 1 is 0.895 bits per heavy atom. The Balaban J connectivity index is 1.24. The van der Waals surface area contributed by atoms with E-state index in [0.717, 1.165) is 6.42 Å². The molecule has 1 saturated heterocycles. The van der Waals surface area contributed by atoms with E-state index in [1.54, 1.807) is 18.2 Å². The number of rotatable bonds is 6. The molecular weight excluding hydrogens is 527 g/mol. The lowest BCUT2D eigenvalue weighted by atomic mass is 9.73. The van der Waals surface area contributed by atoms with E-state index >= 15 is 0 Å². The molecule has 1 aliphatic carbocycles. The third-order valence-corrected chi connectivity index (χ3v) is 7.62. The van der Waals surface area contributed by atoms with Crippen LogP contribution in [0.1, 0.15) is 41.1 Å². The van der Waals surface area contributed by atoms with Gasteiger partial charge in [0.1, 0.15) is 0 Å². The molecule has 3 amide bonds. The highest BCUT2D eigenvalue weighted by Gasteiger charge is 2.50. The van der Waals surface area contributed by atoms with Gasteiger partial charge in [0.2, 0.25) is 11.8 Å². The molecule has 1 heterocycles. The Kier molecular flexibility index (Phi) is 7.49. The number of anilines is 2. The van der Waals surface area contributed by atoms with E-state index in [0.29, 0.717) is 29.2 Å². The van der Waals surface area contributed by atoms with E-state index in [2.05, 4.69) is 17.4 Å². The maximum Gasteiger partial charge on any atom is 0.338 e. The lowest BCUT2D eigenvalue weighted by Crippen LogP contribution is -2.31. The van der Waals surface area contributed by atoms with Gasteiger partial charge in [-0.05, 0) is 67.1 Å². The topological polar surface area (TPSA) is 92.8 Å². The van der Waals surface area contributed by atoms with E-state index in [-0.39, 0.29) is 40.2 Å². The number of nitrogens with zero attached hydrogens (tertiary/aromatic N) is 1. The van der Waals surface area contributed by atoms with Crippen molar-refractivity contribution in [3.63, 3.8) is 0 Å². The van der Waals surface area contributed by atoms with Crippen LogP contribution in [0.4, 0.5) is 11.4 Å². The van der Waals surface area contributed by atoms with Crippen LogP contribution in [-0.4, -0.2) is 30.3 Å². The van der Waals surface area contributed by atoms with Gasteiger partial charge in [-0.2, -0.15) is 0 Å². The molecule has 2 aliphatic rings. The molecule has 0 spiro atoms. The molecule has 38 heavy (non-hydrogen) atoms. The molecule has 0 bridgehead atoms. The molecule has 1 N–H and O–H groups in total. The standard InChI is InChI=1S/C29H24Cl2N2O5/c30-20-10-12-25(24(31)15-20)32-26(34)16-38-29(37)19-7-4-8-21(13-19)33-27(35)22-11-9-18(14-23(22)28(33)36)17-5-2-1-3-6-17/h1-8,10,12-13,15,18,22-23H,9,11,14,16H2,(H,32,34)/t18-,22-,23+/m1/s1. The third kappa shape index (κ3) is 5.30. The minimum atomic E-state index is -0.759. The lowest BCUT2D eigenvalue weighted by Gasteiger charge is -2.28. The normalized spacial score (nSPS) is 20.7. The van der Waals surface area contributed by atoms with Gasteiger partial charge in [-0.25, -0.2) is 4.79 Å². The number of ether oxygens (including phenoxy) is 1. The van der Waals surface area contributed by atoms with Crippen LogP contribution in [-0.2, 0) is 19.1 Å². The quantitative estimate of drug-likeness (QED) is 0.306. The van der Waals surface area contributed by atoms with E-state index in [1.165, 1.54) is 34.7 Å². The maximum atomic E-state index is 13.4. The second-order valence-corrected chi connectivity index (χ2v) is 10.3. The van der Waals surface area contributed by atoms with Gasteiger partial charge in [0.15, 0.2) is 6.61 Å². The van der Waals surface area contributed by atoms with Crippen molar-refractivity contribution in [3.8, 4) is 0 Å². The number of carbonyl (C=O) groups is 4. The van der Waals surface area contributed by atoms with Gasteiger partial charge < -0.3 is 10.1 Å². The van der Waals surface area contributed by atoms with Gasteiger partial charge in [-0.1, -0.05) is 59.6 Å². The first-order valence-electron chi connectivity index (χ1n) is 12.3. The van der Waals surface area contributed by atoms with Crippen molar-refractivity contribution in [1.82, 2.24) is 0 Å². The van der Waals surface area contributed by atoms with E-state index in [1.807, 2.05) is 18.2 Å². The summed E-state index contributed by atoms with van der Waals surface area (Å²) in [5.41, 5.74) is 1.95. The molecule has 1 aliphatic heterocycles. The second-order valence-electron chi connectivity index (χ2n) is 9.44. The summed E-state index contributed by atoms with van der Waals surface area (Å²) in [6.07, 6.45) is 2.09. The second kappa shape index (κ2) is 11.0. The summed E-state index contributed by atoms with van der Waals surface area (Å²) in [5.74, 6) is -2.35. The van der Waals surface area contributed by atoms with Crippen molar-refractivity contribution in [2.24, 2.45) is 11.8 Å². The predicted octanol–water partition coefficient (Wildman–Crippen LogP) is 5.86. The largest absolute Gasteiger partial charge is 0.452 e. The predicted molar refractivity (Wildman–Crippen MR) is 144 cm³/mol. The van der Waals surface area contributed by atoms with Crippen molar-refractivity contribution in [2.45, 2.75) is 25.2 Å². The minimum Gasteiger partial charge on any atom is -0.452 e. The zero-order valence-corrected chi connectivity index (χ0v) is 21.7. The van der Waals surface area contributed by atoms with Crippen molar-refractivity contribution >= 4 is 58.3 Å². The molecule has 2 fully saturated rings. The van der Waals surface area contributed by atoms with Crippen LogP contribution >= 0.6 is 23.2 Å². The van der Waals surface area contributed by atoms with E-state index < -0.39 is 18.5 Å². The van der Waals surface area contributed by atoms with Crippen LogP contribution in [0.25, 0.3) is 0 Å². The van der Waals surface area contributed by atoms with E-state index in [9.17, 15) is 19.2 Å². The Morgan fingerprint density at radius 3 is 2.42 bits per heavy atom. The number of hydrogen-bond acceptors (Lipinski definition) is 5. The van der Waals surface area contributed by atoms with Crippen LogP contribution in [0.2, 0.25) is 10.0 Å². The Morgan fingerprint density at radius 2 is 1.66 bits per heavy atom. The average molecular weight is 551 g/mol. The van der Waals surface area contributed by atoms with Crippen LogP contribution in [0.5, 0.6) is 0 Å². The number of esters is 1. The number of amides is 3. The number of fused-ring (bicyclic) bond motifs is 1. The number of hydrogen-bond donors (Lipinski definition) is 1. The highest BCUT2D eigenvalue weighted by molar-refractivity contribution is 6.36. The van der Waals surface area contributed by atoms with Crippen LogP contribution in [0, 0.1) is 11.8 Å². The Bertz CT molecular complexity index is 1410. The lowest BCUT2D eigenvalue weighted by molar-refractivity contribution is -0.122. The smallest absolute Gasteiger partial charge is 0.338 e. The van der Waals surface area contributed by atoms with Gasteiger partial charge in [0.05, 0.1) is 33.8 Å². The molecule has 3 aromatic carbocycles. The zero-order chi connectivity index (χ0) is 26.8. The summed E-state index contributed by atoms with van der Waals surface area (Å²) in [6, 6.07) is 20.8. The highest BCUT2D eigenvalue weighted by Crippen LogP contribution is 2.45. The monoisotopic (exact) mass is 550 g/mol. The number of nitrogens with one attached hydrogen (secondary N) is 1. The first kappa shape index (κ1) is 25.9. The van der Waals surface area contributed by atoms with Crippen LogP contribution in [0.15, 0.2) is 72.8 Å². The molecule has 0 aromatic heterocycles. The fourth-order valence-corrected chi connectivity index (χ4v) is 5.68. The summed E-state index contributed by atoms with van der Waals surface area (Å²) in [7, 11) is 0. The van der Waals surface area contributed by atoms with Gasteiger partial charge in [-0.15, -0.1) is 0 Å². The SMILES string of the molecule is O=C(COC(=O)c1cccc(N2C(=O)[C@H]3C[C@H](c4ccccc4)CC[C@H]3C2=O)c1)Nc1ccc(Cl)cc1Cl. The first-order chi connectivity index (χ1) is 18.3. The molecule has 0 radical (unpaired) electrons. The molecule has 3 aromatic rings. The van der Waals surface area contributed by atoms with Gasteiger partial charge in [0, 0.05) is 5.02 Å². The van der Waals surface area contributed by atoms with Gasteiger partial charge in [-0.3, -0.25) is 19.3 Å².